The summed E-state index contributed by atoms with van der Waals surface area (Å²) in [6.07, 6.45) is 0. The van der Waals surface area contributed by atoms with Crippen molar-refractivity contribution in [2.75, 3.05) is 31.1 Å². The summed E-state index contributed by atoms with van der Waals surface area (Å²) in [5.74, 6) is -1.31. The summed E-state index contributed by atoms with van der Waals surface area (Å²) in [6.45, 7) is 4.99. The molecule has 1 aliphatic heterocycles. The number of sulfonamides is 1. The lowest BCUT2D eigenvalue weighted by Crippen LogP contribution is -2.52. The smallest absolute Gasteiger partial charge is 0.323 e. The van der Waals surface area contributed by atoms with E-state index in [2.05, 4.69) is 4.90 Å². The van der Waals surface area contributed by atoms with Crippen LogP contribution < -0.4 is 4.90 Å². The molecular formula is C14H20N2O4S. The van der Waals surface area contributed by atoms with Gasteiger partial charge in [0, 0.05) is 31.9 Å². The molecule has 0 spiro atoms. The van der Waals surface area contributed by atoms with Crippen LogP contribution in [0.15, 0.2) is 24.3 Å². The molecule has 1 N–H and O–H groups in total. The number of carboxylic acid groups (broad SMARTS) is 1. The Kier molecular flexibility index (Phi) is 4.53. The second-order valence-corrected chi connectivity index (χ2v) is 7.45. The van der Waals surface area contributed by atoms with E-state index in [0.717, 1.165) is 11.3 Å². The van der Waals surface area contributed by atoms with Crippen molar-refractivity contribution < 1.29 is 18.3 Å². The van der Waals surface area contributed by atoms with Gasteiger partial charge >= 0.3 is 5.97 Å². The van der Waals surface area contributed by atoms with E-state index in [1.165, 1.54) is 11.2 Å². The van der Waals surface area contributed by atoms with Crippen LogP contribution in [0.25, 0.3) is 0 Å². The maximum Gasteiger partial charge on any atom is 0.323 e. The molecule has 0 amide bonds. The number of benzene rings is 1. The Bertz CT molecular complexity index is 622. The highest BCUT2D eigenvalue weighted by Crippen LogP contribution is 2.22. The van der Waals surface area contributed by atoms with Crippen LogP contribution in [-0.4, -0.2) is 55.2 Å². The van der Waals surface area contributed by atoms with Crippen LogP contribution in [0.4, 0.5) is 5.69 Å². The molecule has 6 nitrogen and oxygen atoms in total. The SMILES string of the molecule is Cc1ccccc1N1CCN(S(=O)(=O)C(C)C(=O)O)CC1. The number of aryl methyl sites for hydroxylation is 1. The molecule has 21 heavy (non-hydrogen) atoms. The fourth-order valence-electron chi connectivity index (χ4n) is 2.45. The molecule has 1 fully saturated rings. The first-order chi connectivity index (χ1) is 9.84. The van der Waals surface area contributed by atoms with E-state index >= 15 is 0 Å². The van der Waals surface area contributed by atoms with Crippen molar-refractivity contribution in [3.63, 3.8) is 0 Å². The predicted octanol–water partition coefficient (Wildman–Crippen LogP) is 0.920. The van der Waals surface area contributed by atoms with Crippen LogP contribution in [0.3, 0.4) is 0 Å². The van der Waals surface area contributed by atoms with Crippen LogP contribution in [0, 0.1) is 6.92 Å². The zero-order valence-corrected chi connectivity index (χ0v) is 13.0. The van der Waals surface area contributed by atoms with Crippen molar-refractivity contribution in [2.45, 2.75) is 19.1 Å². The molecule has 1 heterocycles. The Morgan fingerprint density at radius 3 is 2.29 bits per heavy atom. The molecule has 1 saturated heterocycles. The summed E-state index contributed by atoms with van der Waals surface area (Å²) in [4.78, 5) is 13.0. The first-order valence-corrected chi connectivity index (χ1v) is 8.36. The monoisotopic (exact) mass is 312 g/mol. The van der Waals surface area contributed by atoms with Crippen LogP contribution in [-0.2, 0) is 14.8 Å². The topological polar surface area (TPSA) is 77.9 Å². The highest BCUT2D eigenvalue weighted by Gasteiger charge is 2.35. The molecule has 0 aliphatic carbocycles. The summed E-state index contributed by atoms with van der Waals surface area (Å²) >= 11 is 0. The number of para-hydroxylation sites is 1. The summed E-state index contributed by atoms with van der Waals surface area (Å²) < 4.78 is 25.6. The summed E-state index contributed by atoms with van der Waals surface area (Å²) in [7, 11) is -3.77. The molecule has 1 aromatic carbocycles. The maximum atomic E-state index is 12.2. The summed E-state index contributed by atoms with van der Waals surface area (Å²) in [5, 5.41) is 7.50. The highest BCUT2D eigenvalue weighted by atomic mass is 32.2. The lowest BCUT2D eigenvalue weighted by molar-refractivity contribution is -0.136. The van der Waals surface area contributed by atoms with E-state index in [-0.39, 0.29) is 0 Å². The minimum Gasteiger partial charge on any atom is -0.480 e. The van der Waals surface area contributed by atoms with Gasteiger partial charge in [0.1, 0.15) is 0 Å². The molecule has 1 aliphatic rings. The molecule has 0 aromatic heterocycles. The van der Waals surface area contributed by atoms with Crippen LogP contribution in [0.5, 0.6) is 0 Å². The lowest BCUT2D eigenvalue weighted by atomic mass is 10.1. The molecule has 2 rings (SSSR count). The Balaban J connectivity index is 2.07. The zero-order chi connectivity index (χ0) is 15.6. The van der Waals surface area contributed by atoms with Gasteiger partial charge in [0.25, 0.3) is 0 Å². The highest BCUT2D eigenvalue weighted by molar-refractivity contribution is 7.90. The van der Waals surface area contributed by atoms with E-state index in [1.54, 1.807) is 0 Å². The van der Waals surface area contributed by atoms with Crippen LogP contribution in [0.2, 0.25) is 0 Å². The minimum absolute atomic E-state index is 0.314. The second kappa shape index (κ2) is 6.03. The fourth-order valence-corrected chi connectivity index (χ4v) is 3.83. The molecule has 7 heteroatoms. The van der Waals surface area contributed by atoms with Gasteiger partial charge in [0.2, 0.25) is 10.0 Å². The van der Waals surface area contributed by atoms with Gasteiger partial charge in [0.15, 0.2) is 5.25 Å². The molecule has 0 radical (unpaired) electrons. The minimum atomic E-state index is -3.77. The first kappa shape index (κ1) is 15.8. The van der Waals surface area contributed by atoms with Gasteiger partial charge in [-0.2, -0.15) is 4.31 Å². The van der Waals surface area contributed by atoms with Crippen LogP contribution >= 0.6 is 0 Å². The number of carboxylic acids is 1. The molecule has 1 atom stereocenters. The number of piperazine rings is 1. The number of anilines is 1. The summed E-state index contributed by atoms with van der Waals surface area (Å²) in [6, 6.07) is 7.95. The second-order valence-electron chi connectivity index (χ2n) is 5.20. The van der Waals surface area contributed by atoms with Gasteiger partial charge in [-0.25, -0.2) is 8.42 Å². The largest absolute Gasteiger partial charge is 0.480 e. The average molecular weight is 312 g/mol. The van der Waals surface area contributed by atoms with Gasteiger partial charge in [-0.05, 0) is 25.5 Å². The van der Waals surface area contributed by atoms with E-state index in [0.29, 0.717) is 26.2 Å². The average Bonchev–Trinajstić information content (AvgIpc) is 2.47. The van der Waals surface area contributed by atoms with Gasteiger partial charge in [-0.15, -0.1) is 0 Å². The van der Waals surface area contributed by atoms with Crippen molar-refractivity contribution in [3.05, 3.63) is 29.8 Å². The molecule has 116 valence electrons. The van der Waals surface area contributed by atoms with E-state index in [9.17, 15) is 13.2 Å². The third-order valence-corrected chi connectivity index (χ3v) is 6.03. The lowest BCUT2D eigenvalue weighted by Gasteiger charge is -2.36. The number of aliphatic carboxylic acids is 1. The fraction of sp³-hybridized carbons (Fsp3) is 0.500. The third kappa shape index (κ3) is 3.19. The summed E-state index contributed by atoms with van der Waals surface area (Å²) in [5.41, 5.74) is 2.24. The van der Waals surface area contributed by atoms with Crippen LogP contribution in [0.1, 0.15) is 12.5 Å². The van der Waals surface area contributed by atoms with Crippen molar-refractivity contribution in [3.8, 4) is 0 Å². The van der Waals surface area contributed by atoms with Gasteiger partial charge < -0.3 is 10.0 Å². The molecular weight excluding hydrogens is 292 g/mol. The Morgan fingerprint density at radius 2 is 1.76 bits per heavy atom. The normalized spacial score (nSPS) is 18.5. The maximum absolute atomic E-state index is 12.2. The van der Waals surface area contributed by atoms with Gasteiger partial charge in [0.05, 0.1) is 0 Å². The zero-order valence-electron chi connectivity index (χ0n) is 12.2. The first-order valence-electron chi connectivity index (χ1n) is 6.86. The molecule has 1 aromatic rings. The van der Waals surface area contributed by atoms with Crippen molar-refractivity contribution in [1.82, 2.24) is 4.31 Å². The Hall–Kier alpha value is -1.60. The van der Waals surface area contributed by atoms with E-state index in [1.807, 2.05) is 31.2 Å². The predicted molar refractivity (Wildman–Crippen MR) is 81.0 cm³/mol. The quantitative estimate of drug-likeness (QED) is 0.894. The van der Waals surface area contributed by atoms with Gasteiger partial charge in [-0.1, -0.05) is 18.2 Å². The van der Waals surface area contributed by atoms with Gasteiger partial charge in [-0.3, -0.25) is 4.79 Å². The van der Waals surface area contributed by atoms with Crippen molar-refractivity contribution >= 4 is 21.7 Å². The molecule has 0 saturated carbocycles. The molecule has 0 bridgehead atoms. The number of hydrogen-bond acceptors (Lipinski definition) is 4. The standard InChI is InChI=1S/C14H20N2O4S/c1-11-5-3-4-6-13(11)15-7-9-16(10-8-15)21(19,20)12(2)14(17)18/h3-6,12H,7-10H2,1-2H3,(H,17,18). The van der Waals surface area contributed by atoms with E-state index < -0.39 is 21.2 Å². The number of hydrogen-bond donors (Lipinski definition) is 1. The number of carbonyl (C=O) groups is 1. The Labute approximate surface area is 125 Å². The Morgan fingerprint density at radius 1 is 1.19 bits per heavy atom. The number of nitrogens with zero attached hydrogens (tertiary/aromatic N) is 2. The van der Waals surface area contributed by atoms with Crippen molar-refractivity contribution in [2.24, 2.45) is 0 Å². The van der Waals surface area contributed by atoms with E-state index in [4.69, 9.17) is 5.11 Å². The van der Waals surface area contributed by atoms with Crippen molar-refractivity contribution in [1.29, 1.82) is 0 Å². The third-order valence-electron chi connectivity index (χ3n) is 3.85. The number of rotatable bonds is 4. The molecule has 1 unspecified atom stereocenters.